The number of ketones is 1. The number of nitrogens with zero attached hydrogens (tertiary/aromatic N) is 2. The molecule has 0 aliphatic heterocycles. The third-order valence-corrected chi connectivity index (χ3v) is 3.64. The van der Waals surface area contributed by atoms with Crippen LogP contribution in [0.25, 0.3) is 11.1 Å². The van der Waals surface area contributed by atoms with Crippen molar-refractivity contribution in [3.05, 3.63) is 54.1 Å². The minimum atomic E-state index is 0.0267. The van der Waals surface area contributed by atoms with E-state index in [0.29, 0.717) is 10.7 Å². The smallest absolute Gasteiger partial charge is 0.183 e. The third kappa shape index (κ3) is 3.74. The van der Waals surface area contributed by atoms with Gasteiger partial charge in [0.15, 0.2) is 17.1 Å². The van der Waals surface area contributed by atoms with Gasteiger partial charge in [0.1, 0.15) is 0 Å². The lowest BCUT2D eigenvalue weighted by Crippen LogP contribution is -2.12. The number of para-hydroxylation sites is 1. The lowest BCUT2D eigenvalue weighted by atomic mass is 10.0. The Balaban J connectivity index is 2.51. The van der Waals surface area contributed by atoms with Crippen molar-refractivity contribution < 1.29 is 4.79 Å². The summed E-state index contributed by atoms with van der Waals surface area (Å²) >= 11 is 1.36. The maximum Gasteiger partial charge on any atom is 0.183 e. The molecule has 0 radical (unpaired) electrons. The predicted molar refractivity (Wildman–Crippen MR) is 91.2 cm³/mol. The van der Waals surface area contributed by atoms with E-state index in [9.17, 15) is 4.79 Å². The van der Waals surface area contributed by atoms with Crippen LogP contribution in [0.4, 0.5) is 5.69 Å². The first-order chi connectivity index (χ1) is 10.7. The Morgan fingerprint density at radius 1 is 1.23 bits per heavy atom. The SMILES string of the molecule is CSC(=Nc1ccccc1-c1cccc(C(C)=O)c1)NC#N. The molecule has 22 heavy (non-hydrogen) atoms. The molecule has 0 aliphatic rings. The summed E-state index contributed by atoms with van der Waals surface area (Å²) < 4.78 is 0. The first kappa shape index (κ1) is 15.8. The number of thioether (sulfide) groups is 1. The summed E-state index contributed by atoms with van der Waals surface area (Å²) in [6, 6.07) is 15.1. The first-order valence-corrected chi connectivity index (χ1v) is 7.86. The van der Waals surface area contributed by atoms with Crippen molar-refractivity contribution in [2.24, 2.45) is 4.99 Å². The number of nitriles is 1. The summed E-state index contributed by atoms with van der Waals surface area (Å²) in [7, 11) is 0. The van der Waals surface area contributed by atoms with Crippen molar-refractivity contribution in [3.63, 3.8) is 0 Å². The maximum atomic E-state index is 11.5. The van der Waals surface area contributed by atoms with Crippen LogP contribution in [0.5, 0.6) is 0 Å². The molecule has 2 aromatic rings. The Bertz CT molecular complexity index is 762. The standard InChI is InChI=1S/C17H15N3OS/c1-12(21)13-6-5-7-14(10-13)15-8-3-4-9-16(15)20-17(22-2)19-11-18/h3-10H,1-2H3,(H,19,20). The fraction of sp³-hybridized carbons (Fsp3) is 0.118. The molecule has 0 unspecified atom stereocenters. The average molecular weight is 309 g/mol. The van der Waals surface area contributed by atoms with Crippen LogP contribution >= 0.6 is 11.8 Å². The number of carbonyl (C=O) groups is 1. The lowest BCUT2D eigenvalue weighted by molar-refractivity contribution is 0.101. The fourth-order valence-corrected chi connectivity index (χ4v) is 2.34. The normalized spacial score (nSPS) is 10.9. The molecule has 0 heterocycles. The molecule has 0 aliphatic carbocycles. The number of carbonyl (C=O) groups excluding carboxylic acids is 1. The summed E-state index contributed by atoms with van der Waals surface area (Å²) in [6.07, 6.45) is 3.73. The molecule has 0 atom stereocenters. The Morgan fingerprint density at radius 2 is 2.00 bits per heavy atom. The second-order valence-electron chi connectivity index (χ2n) is 4.51. The fourth-order valence-electron chi connectivity index (χ4n) is 2.00. The molecule has 0 bridgehead atoms. The van der Waals surface area contributed by atoms with E-state index in [1.54, 1.807) is 13.0 Å². The number of hydrogen-bond donors (Lipinski definition) is 1. The Kier molecular flexibility index (Phi) is 5.34. The molecular weight excluding hydrogens is 294 g/mol. The van der Waals surface area contributed by atoms with Crippen molar-refractivity contribution in [3.8, 4) is 17.3 Å². The second-order valence-corrected chi connectivity index (χ2v) is 5.31. The molecule has 0 aromatic heterocycles. The molecule has 2 rings (SSSR count). The van der Waals surface area contributed by atoms with Crippen LogP contribution in [0, 0.1) is 11.5 Å². The quantitative estimate of drug-likeness (QED) is 0.306. The minimum absolute atomic E-state index is 0.0267. The van der Waals surface area contributed by atoms with Crippen molar-refractivity contribution >= 4 is 28.4 Å². The van der Waals surface area contributed by atoms with Gasteiger partial charge in [0.2, 0.25) is 0 Å². The molecular formula is C17H15N3OS. The van der Waals surface area contributed by atoms with Gasteiger partial charge in [-0.15, -0.1) is 0 Å². The number of amidine groups is 1. The van der Waals surface area contributed by atoms with Crippen molar-refractivity contribution in [1.82, 2.24) is 5.32 Å². The Labute approximate surface area is 133 Å². The van der Waals surface area contributed by atoms with E-state index in [1.807, 2.05) is 54.9 Å². The zero-order valence-corrected chi connectivity index (χ0v) is 13.1. The third-order valence-electron chi connectivity index (χ3n) is 3.06. The van der Waals surface area contributed by atoms with E-state index in [0.717, 1.165) is 16.8 Å². The molecule has 0 saturated carbocycles. The number of Topliss-reactive ketones (excluding diaryl/α,β-unsaturated/α-hetero) is 1. The van der Waals surface area contributed by atoms with E-state index >= 15 is 0 Å². The molecule has 1 N–H and O–H groups in total. The van der Waals surface area contributed by atoms with Gasteiger partial charge in [-0.05, 0) is 30.9 Å². The summed E-state index contributed by atoms with van der Waals surface area (Å²) in [5.41, 5.74) is 3.24. The highest BCUT2D eigenvalue weighted by molar-refractivity contribution is 8.13. The number of benzene rings is 2. The van der Waals surface area contributed by atoms with Crippen LogP contribution < -0.4 is 5.32 Å². The zero-order chi connectivity index (χ0) is 15.9. The van der Waals surface area contributed by atoms with Crippen molar-refractivity contribution in [2.45, 2.75) is 6.92 Å². The van der Waals surface area contributed by atoms with Gasteiger partial charge in [-0.3, -0.25) is 10.1 Å². The zero-order valence-electron chi connectivity index (χ0n) is 12.3. The number of aliphatic imine (C=N–C) groups is 1. The summed E-state index contributed by atoms with van der Waals surface area (Å²) in [5, 5.41) is 11.8. The average Bonchev–Trinajstić information content (AvgIpc) is 2.55. The van der Waals surface area contributed by atoms with Gasteiger partial charge in [0.05, 0.1) is 5.69 Å². The summed E-state index contributed by atoms with van der Waals surface area (Å²) in [4.78, 5) is 16.0. The monoisotopic (exact) mass is 309 g/mol. The van der Waals surface area contributed by atoms with Gasteiger partial charge < -0.3 is 0 Å². The topological polar surface area (TPSA) is 65.2 Å². The number of rotatable bonds is 3. The van der Waals surface area contributed by atoms with Gasteiger partial charge in [-0.25, -0.2) is 4.99 Å². The highest BCUT2D eigenvalue weighted by atomic mass is 32.2. The maximum absolute atomic E-state index is 11.5. The van der Waals surface area contributed by atoms with Crippen LogP contribution in [0.2, 0.25) is 0 Å². The predicted octanol–water partition coefficient (Wildman–Crippen LogP) is 3.98. The highest BCUT2D eigenvalue weighted by Crippen LogP contribution is 2.31. The van der Waals surface area contributed by atoms with Crippen molar-refractivity contribution in [2.75, 3.05) is 6.26 Å². The van der Waals surface area contributed by atoms with Crippen molar-refractivity contribution in [1.29, 1.82) is 5.26 Å². The van der Waals surface area contributed by atoms with Crippen LogP contribution in [-0.4, -0.2) is 17.2 Å². The van der Waals surface area contributed by atoms with Gasteiger partial charge in [0.25, 0.3) is 0 Å². The van der Waals surface area contributed by atoms with Crippen LogP contribution in [-0.2, 0) is 0 Å². The first-order valence-electron chi connectivity index (χ1n) is 6.64. The molecule has 110 valence electrons. The van der Waals surface area contributed by atoms with Crippen LogP contribution in [0.3, 0.4) is 0 Å². The Morgan fingerprint density at radius 3 is 2.68 bits per heavy atom. The van der Waals surface area contributed by atoms with Gasteiger partial charge in [-0.1, -0.05) is 48.2 Å². The van der Waals surface area contributed by atoms with Crippen LogP contribution in [0.15, 0.2) is 53.5 Å². The van der Waals surface area contributed by atoms with E-state index < -0.39 is 0 Å². The van der Waals surface area contributed by atoms with E-state index in [-0.39, 0.29) is 5.78 Å². The second kappa shape index (κ2) is 7.43. The lowest BCUT2D eigenvalue weighted by Gasteiger charge is -2.08. The molecule has 2 aromatic carbocycles. The molecule has 0 spiro atoms. The minimum Gasteiger partial charge on any atom is -0.295 e. The number of hydrogen-bond acceptors (Lipinski definition) is 4. The molecule has 0 fully saturated rings. The van der Waals surface area contributed by atoms with E-state index in [2.05, 4.69) is 10.3 Å². The molecule has 0 amide bonds. The largest absolute Gasteiger partial charge is 0.295 e. The van der Waals surface area contributed by atoms with Crippen LogP contribution in [0.1, 0.15) is 17.3 Å². The Hall–Kier alpha value is -2.58. The van der Waals surface area contributed by atoms with Gasteiger partial charge in [0, 0.05) is 11.1 Å². The highest BCUT2D eigenvalue weighted by Gasteiger charge is 2.07. The van der Waals surface area contributed by atoms with E-state index in [4.69, 9.17) is 5.26 Å². The summed E-state index contributed by atoms with van der Waals surface area (Å²) in [5.74, 6) is 0.0267. The summed E-state index contributed by atoms with van der Waals surface area (Å²) in [6.45, 7) is 1.55. The van der Waals surface area contributed by atoms with Gasteiger partial charge >= 0.3 is 0 Å². The van der Waals surface area contributed by atoms with Gasteiger partial charge in [-0.2, -0.15) is 5.26 Å². The number of nitrogens with one attached hydrogen (secondary N) is 1. The molecule has 0 saturated heterocycles. The molecule has 4 nitrogen and oxygen atoms in total. The molecule has 5 heteroatoms. The van der Waals surface area contributed by atoms with E-state index in [1.165, 1.54) is 11.8 Å².